The summed E-state index contributed by atoms with van der Waals surface area (Å²) in [6.45, 7) is 4.59. The fourth-order valence-corrected chi connectivity index (χ4v) is 8.26. The van der Waals surface area contributed by atoms with E-state index in [0.717, 1.165) is 31.1 Å². The largest absolute Gasteiger partial charge is 0.299 e. The van der Waals surface area contributed by atoms with Crippen LogP contribution in [0.5, 0.6) is 0 Å². The van der Waals surface area contributed by atoms with Crippen molar-refractivity contribution in [3.63, 3.8) is 0 Å². The molecule has 3 aliphatic carbocycles. The van der Waals surface area contributed by atoms with Crippen LogP contribution in [-0.2, 0) is 4.79 Å². The first-order valence-electron chi connectivity index (χ1n) is 11.8. The zero-order valence-electron chi connectivity index (χ0n) is 17.4. The molecular formula is C23H37B2OS. The molecule has 1 saturated heterocycles. The summed E-state index contributed by atoms with van der Waals surface area (Å²) in [4.78, 5) is 12.9. The lowest BCUT2D eigenvalue weighted by molar-refractivity contribution is -0.134. The van der Waals surface area contributed by atoms with Gasteiger partial charge in [-0.15, -0.1) is 0 Å². The minimum atomic E-state index is -0.0276. The van der Waals surface area contributed by atoms with Crippen molar-refractivity contribution in [2.75, 3.05) is 0 Å². The first kappa shape index (κ1) is 20.4. The van der Waals surface area contributed by atoms with E-state index < -0.39 is 0 Å². The average Bonchev–Trinajstić information content (AvgIpc) is 2.99. The van der Waals surface area contributed by atoms with Crippen LogP contribution in [0.1, 0.15) is 78.1 Å². The van der Waals surface area contributed by atoms with E-state index in [4.69, 9.17) is 20.5 Å². The fourth-order valence-electron chi connectivity index (χ4n) is 7.52. The molecule has 4 fully saturated rings. The summed E-state index contributed by atoms with van der Waals surface area (Å²) in [5.74, 6) is 5.06. The van der Waals surface area contributed by atoms with Gasteiger partial charge in [-0.3, -0.25) is 4.79 Å². The highest BCUT2D eigenvalue weighted by atomic mass is 32.1. The first-order valence-corrected chi connectivity index (χ1v) is 12.2. The molecule has 0 aromatic heterocycles. The summed E-state index contributed by atoms with van der Waals surface area (Å²) in [7, 11) is 9.30. The van der Waals surface area contributed by atoms with Crippen LogP contribution in [0.4, 0.5) is 0 Å². The Morgan fingerprint density at radius 1 is 1.11 bits per heavy atom. The lowest BCUT2D eigenvalue weighted by Crippen LogP contribution is -2.56. The summed E-state index contributed by atoms with van der Waals surface area (Å²) in [5.41, 5.74) is 0. The quantitative estimate of drug-likeness (QED) is 0.485. The maximum absolute atomic E-state index is 12.9. The third-order valence-corrected chi connectivity index (χ3v) is 9.66. The molecule has 4 heteroatoms. The molecule has 0 amide bonds. The average molecular weight is 383 g/mol. The SMILES string of the molecule is [B]C(CCCC(C)C)C1CCC2C3CC(=O)C4CCCCC4C3C[B]C12S. The van der Waals surface area contributed by atoms with Gasteiger partial charge in [0.2, 0.25) is 0 Å². The van der Waals surface area contributed by atoms with E-state index in [-0.39, 0.29) is 10.5 Å². The zero-order valence-corrected chi connectivity index (χ0v) is 18.3. The molecule has 0 bridgehead atoms. The Bertz CT molecular complexity index is 552. The van der Waals surface area contributed by atoms with E-state index in [1.54, 1.807) is 0 Å². The van der Waals surface area contributed by atoms with Crippen LogP contribution in [-0.4, -0.2) is 25.6 Å². The van der Waals surface area contributed by atoms with E-state index in [1.165, 1.54) is 51.3 Å². The molecule has 0 spiro atoms. The molecule has 1 aliphatic heterocycles. The molecule has 8 unspecified atom stereocenters. The van der Waals surface area contributed by atoms with E-state index >= 15 is 0 Å². The lowest BCUT2D eigenvalue weighted by atomic mass is 9.39. The monoisotopic (exact) mass is 383 g/mol. The minimum absolute atomic E-state index is 0.0276. The van der Waals surface area contributed by atoms with Crippen molar-refractivity contribution in [2.24, 2.45) is 41.4 Å². The predicted octanol–water partition coefficient (Wildman–Crippen LogP) is 5.57. The second-order valence-corrected chi connectivity index (χ2v) is 11.4. The fraction of sp³-hybridized carbons (Fsp3) is 0.957. The lowest BCUT2D eigenvalue weighted by Gasteiger charge is -2.55. The van der Waals surface area contributed by atoms with Crippen molar-refractivity contribution in [1.82, 2.24) is 0 Å². The van der Waals surface area contributed by atoms with Crippen LogP contribution >= 0.6 is 12.6 Å². The Morgan fingerprint density at radius 2 is 1.89 bits per heavy atom. The van der Waals surface area contributed by atoms with E-state index in [1.807, 2.05) is 0 Å². The number of ketones is 1. The van der Waals surface area contributed by atoms with Gasteiger partial charge in [-0.1, -0.05) is 58.1 Å². The van der Waals surface area contributed by atoms with Crippen molar-refractivity contribution in [3.8, 4) is 0 Å². The third kappa shape index (κ3) is 3.71. The predicted molar refractivity (Wildman–Crippen MR) is 119 cm³/mol. The Morgan fingerprint density at radius 3 is 2.67 bits per heavy atom. The van der Waals surface area contributed by atoms with E-state index in [0.29, 0.717) is 35.4 Å². The van der Waals surface area contributed by atoms with Gasteiger partial charge in [-0.25, -0.2) is 0 Å². The van der Waals surface area contributed by atoms with Gasteiger partial charge in [-0.05, 0) is 65.8 Å². The molecule has 3 saturated carbocycles. The van der Waals surface area contributed by atoms with Gasteiger partial charge in [0.05, 0.1) is 7.85 Å². The topological polar surface area (TPSA) is 17.1 Å². The van der Waals surface area contributed by atoms with Gasteiger partial charge in [-0.2, -0.15) is 12.6 Å². The third-order valence-electron chi connectivity index (χ3n) is 8.82. The Balaban J connectivity index is 1.46. The highest BCUT2D eigenvalue weighted by molar-refractivity contribution is 7.83. The summed E-state index contributed by atoms with van der Waals surface area (Å²) in [6.07, 6.45) is 13.1. The Kier molecular flexibility index (Phi) is 6.14. The summed E-state index contributed by atoms with van der Waals surface area (Å²) in [5, 5.41) is 0. The smallest absolute Gasteiger partial charge is 0.136 e. The Hall–Kier alpha value is 0.150. The second-order valence-electron chi connectivity index (χ2n) is 10.7. The summed E-state index contributed by atoms with van der Waals surface area (Å²) < 4.78 is -0.0276. The van der Waals surface area contributed by atoms with Gasteiger partial charge in [0.15, 0.2) is 0 Å². The highest BCUT2D eigenvalue weighted by Crippen LogP contribution is 2.61. The van der Waals surface area contributed by atoms with Crippen molar-refractivity contribution in [2.45, 2.75) is 94.8 Å². The number of thiol groups is 1. The molecule has 4 rings (SSSR count). The molecule has 8 atom stereocenters. The molecule has 0 aromatic rings. The summed E-state index contributed by atoms with van der Waals surface area (Å²) in [6, 6.07) is 0. The maximum atomic E-state index is 12.9. The minimum Gasteiger partial charge on any atom is -0.299 e. The number of Topliss-reactive ketones (excluding diaryl/α,β-unsaturated/α-hetero) is 1. The van der Waals surface area contributed by atoms with Crippen molar-refractivity contribution < 1.29 is 4.79 Å². The van der Waals surface area contributed by atoms with Crippen LogP contribution < -0.4 is 0 Å². The van der Waals surface area contributed by atoms with Gasteiger partial charge < -0.3 is 0 Å². The van der Waals surface area contributed by atoms with E-state index in [2.05, 4.69) is 21.1 Å². The molecule has 1 nitrogen and oxygen atoms in total. The number of carbonyl (C=O) groups is 1. The second kappa shape index (κ2) is 8.11. The van der Waals surface area contributed by atoms with Gasteiger partial charge in [0.25, 0.3) is 0 Å². The van der Waals surface area contributed by atoms with Crippen molar-refractivity contribution in [3.05, 3.63) is 0 Å². The van der Waals surface area contributed by atoms with Crippen molar-refractivity contribution >= 4 is 33.5 Å². The molecule has 147 valence electrons. The maximum Gasteiger partial charge on any atom is 0.136 e. The summed E-state index contributed by atoms with van der Waals surface area (Å²) >= 11 is 5.32. The zero-order chi connectivity index (χ0) is 19.2. The molecule has 3 radical (unpaired) electrons. The van der Waals surface area contributed by atoms with Gasteiger partial charge in [0.1, 0.15) is 13.1 Å². The molecular weight excluding hydrogens is 346 g/mol. The number of carbonyl (C=O) groups excluding carboxylic acids is 1. The molecule has 27 heavy (non-hydrogen) atoms. The molecule has 1 heterocycles. The first-order chi connectivity index (χ1) is 12.9. The van der Waals surface area contributed by atoms with Crippen LogP contribution in [0, 0.1) is 41.4 Å². The van der Waals surface area contributed by atoms with Gasteiger partial charge in [0, 0.05) is 12.3 Å². The van der Waals surface area contributed by atoms with Crippen LogP contribution in [0.15, 0.2) is 0 Å². The van der Waals surface area contributed by atoms with E-state index in [9.17, 15) is 4.79 Å². The number of hydrogen-bond donors (Lipinski definition) is 1. The molecule has 0 aromatic carbocycles. The van der Waals surface area contributed by atoms with Gasteiger partial charge >= 0.3 is 0 Å². The van der Waals surface area contributed by atoms with Crippen LogP contribution in [0.3, 0.4) is 0 Å². The van der Waals surface area contributed by atoms with Crippen molar-refractivity contribution in [1.29, 1.82) is 0 Å². The normalized spacial score (nSPS) is 45.0. The highest BCUT2D eigenvalue weighted by Gasteiger charge is 2.59. The van der Waals surface area contributed by atoms with Crippen LogP contribution in [0.25, 0.3) is 0 Å². The molecule has 4 aliphatic rings. The van der Waals surface area contributed by atoms with Crippen LogP contribution in [0.2, 0.25) is 12.1 Å². The Labute approximate surface area is 174 Å². The number of hydrogen-bond acceptors (Lipinski definition) is 2. The standard InChI is InChI=1S/C23H37B2OS/c1-14(2)6-5-9-21(24)20-11-10-19-17-12-22(26)16-8-4-3-7-15(16)18(17)13-25-23(19,20)27/h14-21,27H,3-13H2,1-2H3. The molecule has 0 N–H and O–H groups in total. The number of rotatable bonds is 5. The number of fused-ring (bicyclic) bond motifs is 5.